The minimum absolute atomic E-state index is 0.198. The van der Waals surface area contributed by atoms with E-state index in [-0.39, 0.29) is 37.0 Å². The minimum Gasteiger partial charge on any atom is -0.508 e. The number of aromatic hydroxyl groups is 1. The average molecular weight is 1240 g/mol. The second kappa shape index (κ2) is 53.6. The van der Waals surface area contributed by atoms with Crippen LogP contribution in [0.1, 0.15) is 96.1 Å². The molecule has 34 heteroatoms. The van der Waals surface area contributed by atoms with Crippen LogP contribution in [0.15, 0.2) is 48.5 Å². The van der Waals surface area contributed by atoms with Crippen molar-refractivity contribution < 1.29 is 117 Å². The van der Waals surface area contributed by atoms with Crippen LogP contribution < -0.4 is 43.4 Å². The molecule has 0 bridgehead atoms. The molecule has 2 aromatic rings. The van der Waals surface area contributed by atoms with Gasteiger partial charge in [0.15, 0.2) is 0 Å². The number of carboxylic acids is 6. The van der Waals surface area contributed by atoms with Crippen molar-refractivity contribution in [2.45, 2.75) is 122 Å². The van der Waals surface area contributed by atoms with Crippen LogP contribution in [-0.4, -0.2) is 175 Å². The number of rotatable bonds is 31. The van der Waals surface area contributed by atoms with Gasteiger partial charge in [0, 0.05) is 44.1 Å². The van der Waals surface area contributed by atoms with Gasteiger partial charge in [0.05, 0.1) is 5.92 Å². The Morgan fingerprint density at radius 3 is 1.19 bits per heavy atom. The number of carboxylic acid groups (broad SMARTS) is 6. The van der Waals surface area contributed by atoms with Gasteiger partial charge in [-0.25, -0.2) is 28.8 Å². The first-order chi connectivity index (χ1) is 39.5. The van der Waals surface area contributed by atoms with E-state index in [1.54, 1.807) is 36.4 Å². The zero-order valence-corrected chi connectivity index (χ0v) is 48.2. The van der Waals surface area contributed by atoms with Gasteiger partial charge in [0.2, 0.25) is 7.37 Å². The number of nitrogens with two attached hydrogens (primary N) is 2. The molecule has 6 atom stereocenters. The Bertz CT molecular complexity index is 2290. The summed E-state index contributed by atoms with van der Waals surface area (Å²) < 4.78 is 11.8. The molecule has 0 aromatic heterocycles. The SMILES string of the molecule is CCC[C@H](NC(=O)NCCCS)C(=O)O.CCC[C@H](NC(=O)NCCc1ccc(N)cc1)C(=O)O.CCC[C@H](NC(=O)NCCc1ccc(O)cc1)C(=O)O.NC(CCP(=O)(O)CC(CCC(=O)O)C(=O)O)C(=O)O.O=C=O.O=C=O.O=C=O. The van der Waals surface area contributed by atoms with Crippen LogP contribution >= 0.6 is 20.0 Å². The molecule has 0 spiro atoms. The van der Waals surface area contributed by atoms with Crippen molar-refractivity contribution in [1.29, 1.82) is 0 Å². The summed E-state index contributed by atoms with van der Waals surface area (Å²) in [5.74, 6) is -7.28. The maximum absolute atomic E-state index is 11.8. The molecule has 0 radical (unpaired) electrons. The fourth-order valence-electron chi connectivity index (χ4n) is 6.03. The second-order valence-corrected chi connectivity index (χ2v) is 19.9. The van der Waals surface area contributed by atoms with Gasteiger partial charge in [-0.2, -0.15) is 41.4 Å². The molecular weight excluding hydrogens is 1160 g/mol. The number of aliphatic carboxylic acids is 6. The predicted molar refractivity (Wildman–Crippen MR) is 296 cm³/mol. The first-order valence-corrected chi connectivity index (χ1v) is 27.9. The van der Waals surface area contributed by atoms with E-state index in [0.29, 0.717) is 82.4 Å². The summed E-state index contributed by atoms with van der Waals surface area (Å²) in [7, 11) is -3.87. The summed E-state index contributed by atoms with van der Waals surface area (Å²) in [6.45, 7) is 6.95. The van der Waals surface area contributed by atoms with Crippen LogP contribution in [0.25, 0.3) is 0 Å². The van der Waals surface area contributed by atoms with Crippen molar-refractivity contribution in [2.24, 2.45) is 11.7 Å². The molecule has 2 aromatic carbocycles. The number of nitrogen functional groups attached to an aromatic ring is 1. The zero-order valence-electron chi connectivity index (χ0n) is 46.4. The third-order valence-electron chi connectivity index (χ3n) is 10.1. The number of thiol groups is 1. The molecule has 472 valence electrons. The van der Waals surface area contributed by atoms with E-state index >= 15 is 0 Å². The fourth-order valence-corrected chi connectivity index (χ4v) is 8.07. The van der Waals surface area contributed by atoms with Crippen molar-refractivity contribution in [3.8, 4) is 5.75 Å². The van der Waals surface area contributed by atoms with Crippen LogP contribution in [0.4, 0.5) is 20.1 Å². The summed E-state index contributed by atoms with van der Waals surface area (Å²) in [6, 6.07) is 8.94. The number of carbonyl (C=O) groups is 9. The highest BCUT2D eigenvalue weighted by Crippen LogP contribution is 2.44. The molecule has 0 aliphatic carbocycles. The van der Waals surface area contributed by atoms with Crippen LogP contribution in [0.5, 0.6) is 5.75 Å². The molecule has 84 heavy (non-hydrogen) atoms. The molecule has 0 fully saturated rings. The quantitative estimate of drug-likeness (QED) is 0.0220. The summed E-state index contributed by atoms with van der Waals surface area (Å²) in [6.07, 6.45) is 4.19. The van der Waals surface area contributed by atoms with Gasteiger partial charge in [-0.3, -0.25) is 18.9 Å². The zero-order chi connectivity index (χ0) is 65.6. The van der Waals surface area contributed by atoms with Gasteiger partial charge in [-0.1, -0.05) is 64.3 Å². The maximum Gasteiger partial charge on any atom is 0.373 e. The van der Waals surface area contributed by atoms with E-state index in [2.05, 4.69) is 44.5 Å². The molecule has 0 aliphatic heterocycles. The second-order valence-electron chi connectivity index (χ2n) is 16.9. The van der Waals surface area contributed by atoms with E-state index in [9.17, 15) is 52.6 Å². The fraction of sp³-hybridized carbons (Fsp3) is 0.520. The van der Waals surface area contributed by atoms with Gasteiger partial charge in [0.1, 0.15) is 29.9 Å². The van der Waals surface area contributed by atoms with Crippen molar-refractivity contribution >= 4 is 98.0 Å². The highest BCUT2D eigenvalue weighted by molar-refractivity contribution is 7.80. The highest BCUT2D eigenvalue weighted by Gasteiger charge is 2.30. The number of phenolic OH excluding ortho intramolecular Hbond substituents is 1. The number of hydrogen-bond acceptors (Lipinski definition) is 20. The van der Waals surface area contributed by atoms with Crippen molar-refractivity contribution in [2.75, 3.05) is 43.4 Å². The molecule has 32 nitrogen and oxygen atoms in total. The van der Waals surface area contributed by atoms with Gasteiger partial charge in [-0.15, -0.1) is 0 Å². The lowest BCUT2D eigenvalue weighted by molar-refractivity contribution is -0.193. The van der Waals surface area contributed by atoms with Gasteiger partial charge in [0.25, 0.3) is 0 Å². The summed E-state index contributed by atoms with van der Waals surface area (Å²) in [4.78, 5) is 157. The highest BCUT2D eigenvalue weighted by atomic mass is 32.1. The normalized spacial score (nSPS) is 12.0. The Morgan fingerprint density at radius 1 is 0.548 bits per heavy atom. The summed E-state index contributed by atoms with van der Waals surface area (Å²) in [5.41, 5.74) is 13.5. The lowest BCUT2D eigenvalue weighted by atomic mass is 10.1. The Kier molecular flexibility index (Phi) is 53.7. The standard InChI is InChI=1S/C14H21N3O3.C14H20N2O4.C10H18NO8P.C9H18N2O3S.3CO2/c1-2-3-12(13(18)19)17-14(20)16-9-8-10-4-6-11(15)7-5-10;1-2-3-12(13(18)19)16-14(20)15-9-8-10-4-6-11(17)7-5-10;11-7(10(16)17)3-4-20(18,19)5-6(9(14)15)1-2-8(12)13;1-2-4-7(8(12)13)11-9(14)10-5-3-6-15;3*2-1-3/h4-7,12H,2-3,8-9,15H2,1H3,(H,18,19)(H2,16,17,20);4-7,12,17H,2-3,8-9H2,1H3,(H,18,19)(H2,15,16,20);6-7H,1-5,11H2,(H,12,13)(H,14,15)(H,16,17)(H,18,19);7,15H,2-6H2,1H3,(H,12,13)(H2,10,11,14);;;/t2*12-;;7-;;;/m00.0.../s1. The van der Waals surface area contributed by atoms with Crippen LogP contribution in [0, 0.1) is 5.92 Å². The number of nitrogens with one attached hydrogen (secondary N) is 6. The van der Waals surface area contributed by atoms with Crippen molar-refractivity contribution in [3.05, 3.63) is 59.7 Å². The molecule has 0 heterocycles. The lowest BCUT2D eigenvalue weighted by Gasteiger charge is -2.17. The number of benzene rings is 2. The number of carbonyl (C=O) groups excluding carboxylic acids is 9. The van der Waals surface area contributed by atoms with E-state index < -0.39 is 110 Å². The maximum atomic E-state index is 11.8. The third kappa shape index (κ3) is 52.7. The summed E-state index contributed by atoms with van der Waals surface area (Å²) >= 11 is 3.99. The Hall–Kier alpha value is -8.69. The van der Waals surface area contributed by atoms with E-state index in [1.807, 2.05) is 32.9 Å². The smallest absolute Gasteiger partial charge is 0.373 e. The summed E-state index contributed by atoms with van der Waals surface area (Å²) in [5, 5.41) is 76.7. The first-order valence-electron chi connectivity index (χ1n) is 25.2. The number of phenols is 1. The van der Waals surface area contributed by atoms with Gasteiger partial charge in [-0.05, 0) is 92.5 Å². The van der Waals surface area contributed by atoms with Gasteiger partial charge < -0.3 is 84.0 Å². The van der Waals surface area contributed by atoms with Crippen LogP contribution in [0.3, 0.4) is 0 Å². The molecule has 6 amide bonds. The topological polar surface area (TPSA) is 559 Å². The Labute approximate surface area is 488 Å². The molecule has 18 N–H and O–H groups in total. The van der Waals surface area contributed by atoms with E-state index in [1.165, 1.54) is 0 Å². The van der Waals surface area contributed by atoms with Crippen LogP contribution in [0.2, 0.25) is 0 Å². The number of urea groups is 3. The molecule has 2 rings (SSSR count). The van der Waals surface area contributed by atoms with Crippen molar-refractivity contribution in [3.63, 3.8) is 0 Å². The average Bonchev–Trinajstić information content (AvgIpc) is 3.43. The number of hydrogen-bond donors (Lipinski definition) is 17. The van der Waals surface area contributed by atoms with Crippen LogP contribution in [-0.2, 0) is 74.9 Å². The number of amides is 6. The van der Waals surface area contributed by atoms with Crippen molar-refractivity contribution in [1.82, 2.24) is 31.9 Å². The predicted octanol–water partition coefficient (Wildman–Crippen LogP) is 1.58. The third-order valence-corrected chi connectivity index (χ3v) is 12.4. The lowest BCUT2D eigenvalue weighted by Crippen LogP contribution is -2.46. The first kappa shape index (κ1) is 84.1. The van der Waals surface area contributed by atoms with E-state index in [4.69, 9.17) is 76.0 Å². The molecule has 0 saturated heterocycles. The minimum atomic E-state index is -3.87. The number of anilines is 1. The Balaban J connectivity index is -0.000000316. The van der Waals surface area contributed by atoms with E-state index in [0.717, 1.165) is 17.5 Å². The van der Waals surface area contributed by atoms with Gasteiger partial charge >= 0.3 is 72.4 Å². The molecule has 0 aliphatic rings. The molecule has 0 saturated carbocycles. The Morgan fingerprint density at radius 2 is 0.893 bits per heavy atom. The monoisotopic (exact) mass is 1240 g/mol. The largest absolute Gasteiger partial charge is 0.508 e. The molecular formula is C50H77N8O24PS. The molecule has 3 unspecified atom stereocenters.